The van der Waals surface area contributed by atoms with E-state index in [4.69, 9.17) is 0 Å². The van der Waals surface area contributed by atoms with E-state index in [-0.39, 0.29) is 5.91 Å². The summed E-state index contributed by atoms with van der Waals surface area (Å²) in [6, 6.07) is 15.6. The number of amides is 1. The number of hydrogen-bond acceptors (Lipinski definition) is 5. The highest BCUT2D eigenvalue weighted by atomic mass is 16.1. The number of carbonyl (C=O) groups excluding carboxylic acids is 1. The Labute approximate surface area is 171 Å². The topological polar surface area (TPSA) is 61.4 Å². The molecule has 1 amide bonds. The Bertz CT molecular complexity index is 977. The van der Waals surface area contributed by atoms with Crippen LogP contribution in [0.5, 0.6) is 0 Å². The van der Waals surface area contributed by atoms with E-state index < -0.39 is 0 Å². The Hall–Kier alpha value is -3.41. The largest absolute Gasteiger partial charge is 0.353 e. The van der Waals surface area contributed by atoms with Gasteiger partial charge in [-0.3, -0.25) is 4.79 Å². The van der Waals surface area contributed by atoms with E-state index in [0.29, 0.717) is 5.56 Å². The van der Waals surface area contributed by atoms with E-state index in [1.54, 1.807) is 12.3 Å². The summed E-state index contributed by atoms with van der Waals surface area (Å²) in [6.45, 7) is 7.43. The molecule has 0 saturated carbocycles. The SMILES string of the molecule is Cc1cccc(C)c1NC(=O)c1ccnc(N2CCN(c3ccccn3)CC2)c1. The summed E-state index contributed by atoms with van der Waals surface area (Å²) in [4.78, 5) is 26.2. The van der Waals surface area contributed by atoms with Gasteiger partial charge in [-0.05, 0) is 49.2 Å². The highest BCUT2D eigenvalue weighted by Gasteiger charge is 2.20. The molecule has 6 nitrogen and oxygen atoms in total. The van der Waals surface area contributed by atoms with E-state index in [2.05, 4.69) is 25.1 Å². The molecule has 2 aromatic heterocycles. The maximum atomic E-state index is 12.8. The van der Waals surface area contributed by atoms with Crippen LogP contribution in [0.2, 0.25) is 0 Å². The Morgan fingerprint density at radius 3 is 2.14 bits per heavy atom. The van der Waals surface area contributed by atoms with Crippen molar-refractivity contribution in [1.29, 1.82) is 0 Å². The van der Waals surface area contributed by atoms with Crippen molar-refractivity contribution in [2.75, 3.05) is 41.3 Å². The standard InChI is InChI=1S/C23H25N5O/c1-17-6-5-7-18(2)22(17)26-23(29)19-9-11-25-21(16-19)28-14-12-27(13-15-28)20-8-3-4-10-24-20/h3-11,16H,12-15H2,1-2H3,(H,26,29). The fraction of sp³-hybridized carbons (Fsp3) is 0.261. The number of anilines is 3. The van der Waals surface area contributed by atoms with Gasteiger partial charge < -0.3 is 15.1 Å². The highest BCUT2D eigenvalue weighted by molar-refractivity contribution is 6.05. The van der Waals surface area contributed by atoms with Gasteiger partial charge in [0.05, 0.1) is 0 Å². The summed E-state index contributed by atoms with van der Waals surface area (Å²) in [6.07, 6.45) is 3.53. The maximum absolute atomic E-state index is 12.8. The van der Waals surface area contributed by atoms with Crippen LogP contribution in [0.25, 0.3) is 0 Å². The zero-order valence-electron chi connectivity index (χ0n) is 16.8. The third-order valence-corrected chi connectivity index (χ3v) is 5.30. The number of aryl methyl sites for hydroxylation is 2. The van der Waals surface area contributed by atoms with Crippen LogP contribution in [-0.4, -0.2) is 42.1 Å². The van der Waals surface area contributed by atoms with E-state index in [0.717, 1.165) is 54.6 Å². The van der Waals surface area contributed by atoms with Crippen LogP contribution in [0.3, 0.4) is 0 Å². The number of pyridine rings is 2. The van der Waals surface area contributed by atoms with Crippen LogP contribution in [0.15, 0.2) is 60.9 Å². The first-order valence-corrected chi connectivity index (χ1v) is 9.86. The van der Waals surface area contributed by atoms with Crippen molar-refractivity contribution in [2.24, 2.45) is 0 Å². The Morgan fingerprint density at radius 2 is 1.48 bits per heavy atom. The monoisotopic (exact) mass is 387 g/mol. The molecule has 1 aromatic carbocycles. The van der Waals surface area contributed by atoms with Crippen molar-refractivity contribution in [3.8, 4) is 0 Å². The van der Waals surface area contributed by atoms with Crippen LogP contribution in [-0.2, 0) is 0 Å². The number of nitrogens with one attached hydrogen (secondary N) is 1. The molecule has 29 heavy (non-hydrogen) atoms. The van der Waals surface area contributed by atoms with Gasteiger partial charge in [-0.25, -0.2) is 9.97 Å². The summed E-state index contributed by atoms with van der Waals surface area (Å²) >= 11 is 0. The fourth-order valence-electron chi connectivity index (χ4n) is 3.64. The average Bonchev–Trinajstić information content (AvgIpc) is 2.77. The van der Waals surface area contributed by atoms with Gasteiger partial charge >= 0.3 is 0 Å². The fourth-order valence-corrected chi connectivity index (χ4v) is 3.64. The third kappa shape index (κ3) is 4.21. The smallest absolute Gasteiger partial charge is 0.255 e. The lowest BCUT2D eigenvalue weighted by Crippen LogP contribution is -2.47. The van der Waals surface area contributed by atoms with Gasteiger partial charge in [-0.15, -0.1) is 0 Å². The molecule has 0 unspecified atom stereocenters. The summed E-state index contributed by atoms with van der Waals surface area (Å²) in [5, 5.41) is 3.05. The quantitative estimate of drug-likeness (QED) is 0.740. The summed E-state index contributed by atoms with van der Waals surface area (Å²) in [5.41, 5.74) is 3.60. The number of aromatic nitrogens is 2. The number of piperazine rings is 1. The van der Waals surface area contributed by atoms with E-state index in [1.165, 1.54) is 0 Å². The molecule has 1 N–H and O–H groups in total. The molecular formula is C23H25N5O. The van der Waals surface area contributed by atoms with Crippen molar-refractivity contribution >= 4 is 23.2 Å². The number of benzene rings is 1. The molecule has 6 heteroatoms. The van der Waals surface area contributed by atoms with Crippen molar-refractivity contribution in [3.63, 3.8) is 0 Å². The maximum Gasteiger partial charge on any atom is 0.255 e. The van der Waals surface area contributed by atoms with Crippen LogP contribution < -0.4 is 15.1 Å². The Kier molecular flexibility index (Phi) is 5.42. The first kappa shape index (κ1) is 18.9. The Morgan fingerprint density at radius 1 is 0.828 bits per heavy atom. The molecule has 0 aliphatic carbocycles. The third-order valence-electron chi connectivity index (χ3n) is 5.30. The zero-order chi connectivity index (χ0) is 20.2. The molecule has 0 bridgehead atoms. The second kappa shape index (κ2) is 8.31. The minimum absolute atomic E-state index is 0.113. The van der Waals surface area contributed by atoms with Gasteiger partial charge in [-0.1, -0.05) is 24.3 Å². The predicted molar refractivity (Wildman–Crippen MR) is 117 cm³/mol. The summed E-state index contributed by atoms with van der Waals surface area (Å²) in [7, 11) is 0. The first-order chi connectivity index (χ1) is 14.1. The minimum atomic E-state index is -0.113. The van der Waals surface area contributed by atoms with Crippen molar-refractivity contribution in [2.45, 2.75) is 13.8 Å². The molecule has 0 atom stereocenters. The molecule has 0 radical (unpaired) electrons. The van der Waals surface area contributed by atoms with Crippen molar-refractivity contribution in [1.82, 2.24) is 9.97 Å². The lowest BCUT2D eigenvalue weighted by Gasteiger charge is -2.36. The van der Waals surface area contributed by atoms with Crippen LogP contribution in [0, 0.1) is 13.8 Å². The second-order valence-corrected chi connectivity index (χ2v) is 7.29. The Balaban J connectivity index is 1.44. The number of hydrogen-bond donors (Lipinski definition) is 1. The molecule has 1 fully saturated rings. The van der Waals surface area contributed by atoms with Gasteiger partial charge in [0.1, 0.15) is 11.6 Å². The van der Waals surface area contributed by atoms with E-state index in [1.807, 2.05) is 62.5 Å². The molecular weight excluding hydrogens is 362 g/mol. The van der Waals surface area contributed by atoms with Gasteiger partial charge in [0.25, 0.3) is 5.91 Å². The lowest BCUT2D eigenvalue weighted by atomic mass is 10.1. The number of nitrogens with zero attached hydrogens (tertiary/aromatic N) is 4. The number of para-hydroxylation sites is 1. The lowest BCUT2D eigenvalue weighted by molar-refractivity contribution is 0.102. The van der Waals surface area contributed by atoms with E-state index in [9.17, 15) is 4.79 Å². The molecule has 1 saturated heterocycles. The molecule has 1 aliphatic rings. The molecule has 3 heterocycles. The second-order valence-electron chi connectivity index (χ2n) is 7.29. The molecule has 1 aliphatic heterocycles. The van der Waals surface area contributed by atoms with Gasteiger partial charge in [0, 0.05) is 49.8 Å². The number of rotatable bonds is 4. The normalized spacial score (nSPS) is 14.0. The van der Waals surface area contributed by atoms with Gasteiger partial charge in [0.2, 0.25) is 0 Å². The van der Waals surface area contributed by atoms with Crippen molar-refractivity contribution < 1.29 is 4.79 Å². The predicted octanol–water partition coefficient (Wildman–Crippen LogP) is 3.67. The molecule has 0 spiro atoms. The molecule has 148 valence electrons. The number of carbonyl (C=O) groups is 1. The van der Waals surface area contributed by atoms with Crippen LogP contribution >= 0.6 is 0 Å². The summed E-state index contributed by atoms with van der Waals surface area (Å²) in [5.74, 6) is 1.72. The first-order valence-electron chi connectivity index (χ1n) is 9.86. The van der Waals surface area contributed by atoms with Crippen LogP contribution in [0.4, 0.5) is 17.3 Å². The van der Waals surface area contributed by atoms with E-state index >= 15 is 0 Å². The average molecular weight is 387 g/mol. The van der Waals surface area contributed by atoms with Crippen molar-refractivity contribution in [3.05, 3.63) is 77.6 Å². The molecule has 3 aromatic rings. The molecule has 4 rings (SSSR count). The van der Waals surface area contributed by atoms with Gasteiger partial charge in [-0.2, -0.15) is 0 Å². The summed E-state index contributed by atoms with van der Waals surface area (Å²) < 4.78 is 0. The minimum Gasteiger partial charge on any atom is -0.353 e. The zero-order valence-corrected chi connectivity index (χ0v) is 16.8. The highest BCUT2D eigenvalue weighted by Crippen LogP contribution is 2.22. The van der Waals surface area contributed by atoms with Gasteiger partial charge in [0.15, 0.2) is 0 Å². The van der Waals surface area contributed by atoms with Crippen LogP contribution in [0.1, 0.15) is 21.5 Å².